The van der Waals surface area contributed by atoms with Crippen molar-refractivity contribution in [2.45, 2.75) is 46.1 Å². The van der Waals surface area contributed by atoms with Crippen LogP contribution in [0.3, 0.4) is 0 Å². The van der Waals surface area contributed by atoms with Crippen molar-refractivity contribution in [2.75, 3.05) is 0 Å². The van der Waals surface area contributed by atoms with E-state index in [1.807, 2.05) is 32.9 Å². The fraction of sp³-hybridized carbons (Fsp3) is 0.625. The lowest BCUT2D eigenvalue weighted by Gasteiger charge is -2.18. The highest BCUT2D eigenvalue weighted by molar-refractivity contribution is 5.85. The summed E-state index contributed by atoms with van der Waals surface area (Å²) in [5, 5.41) is 12.2. The van der Waals surface area contributed by atoms with Gasteiger partial charge in [0.2, 0.25) is 5.91 Å². The van der Waals surface area contributed by atoms with Crippen LogP contribution in [0.15, 0.2) is 16.5 Å². The zero-order valence-electron chi connectivity index (χ0n) is 12.8. The number of aryl methyl sites for hydroxylation is 1. The Morgan fingerprint density at radius 2 is 2.05 bits per heavy atom. The van der Waals surface area contributed by atoms with Crippen LogP contribution >= 0.6 is 0 Å². The molecule has 21 heavy (non-hydrogen) atoms. The lowest BCUT2D eigenvalue weighted by atomic mass is 9.95. The van der Waals surface area contributed by atoms with E-state index in [2.05, 4.69) is 5.32 Å². The lowest BCUT2D eigenvalue weighted by Crippen LogP contribution is -2.36. The van der Waals surface area contributed by atoms with Crippen molar-refractivity contribution in [3.05, 3.63) is 23.7 Å². The van der Waals surface area contributed by atoms with Gasteiger partial charge < -0.3 is 14.8 Å². The average Bonchev–Trinajstić information content (AvgIpc) is 3.04. The number of carbonyl (C=O) groups is 2. The number of amides is 1. The van der Waals surface area contributed by atoms with Crippen molar-refractivity contribution >= 4 is 11.9 Å². The highest BCUT2D eigenvalue weighted by Gasteiger charge is 2.42. The number of aliphatic carboxylic acids is 1. The molecular formula is C16H23NO4. The summed E-state index contributed by atoms with van der Waals surface area (Å²) in [6, 6.07) is 3.43. The third kappa shape index (κ3) is 3.46. The van der Waals surface area contributed by atoms with E-state index in [1.54, 1.807) is 0 Å². The van der Waals surface area contributed by atoms with Gasteiger partial charge in [0.15, 0.2) is 0 Å². The van der Waals surface area contributed by atoms with Crippen LogP contribution in [0, 0.1) is 24.7 Å². The number of furan rings is 1. The standard InChI is InChI=1S/C16H23NO4/c1-4-11-7-12(13(8-11)16(19)20)15(18)17-10(3)14-6-5-9(2)21-14/h5-6,10-13H,4,7-8H2,1-3H3,(H,17,18)(H,19,20). The van der Waals surface area contributed by atoms with E-state index in [0.717, 1.165) is 12.2 Å². The molecule has 1 aliphatic carbocycles. The molecule has 0 aliphatic heterocycles. The predicted octanol–water partition coefficient (Wildman–Crippen LogP) is 2.90. The number of hydrogen-bond acceptors (Lipinski definition) is 3. The molecule has 1 fully saturated rings. The van der Waals surface area contributed by atoms with Gasteiger partial charge in [0.25, 0.3) is 0 Å². The van der Waals surface area contributed by atoms with Gasteiger partial charge in [-0.1, -0.05) is 13.3 Å². The molecule has 2 N–H and O–H groups in total. The molecule has 0 spiro atoms. The summed E-state index contributed by atoms with van der Waals surface area (Å²) < 4.78 is 5.49. The summed E-state index contributed by atoms with van der Waals surface area (Å²) in [5.41, 5.74) is 0. The first-order chi connectivity index (χ1) is 9.92. The fourth-order valence-corrected chi connectivity index (χ4v) is 3.12. The maximum absolute atomic E-state index is 12.4. The summed E-state index contributed by atoms with van der Waals surface area (Å²) in [6.45, 7) is 5.73. The van der Waals surface area contributed by atoms with E-state index in [-0.39, 0.29) is 11.9 Å². The first-order valence-electron chi connectivity index (χ1n) is 7.51. The highest BCUT2D eigenvalue weighted by atomic mass is 16.4. The zero-order chi connectivity index (χ0) is 15.6. The van der Waals surface area contributed by atoms with Crippen molar-refractivity contribution in [3.8, 4) is 0 Å². The molecule has 5 heteroatoms. The van der Waals surface area contributed by atoms with Gasteiger partial charge in [0.05, 0.1) is 17.9 Å². The van der Waals surface area contributed by atoms with Gasteiger partial charge in [0.1, 0.15) is 11.5 Å². The Labute approximate surface area is 124 Å². The Kier molecular flexibility index (Phi) is 4.70. The van der Waals surface area contributed by atoms with E-state index >= 15 is 0 Å². The van der Waals surface area contributed by atoms with E-state index in [1.165, 1.54) is 0 Å². The maximum Gasteiger partial charge on any atom is 0.307 e. The number of rotatable bonds is 5. The molecule has 0 bridgehead atoms. The molecule has 1 heterocycles. The van der Waals surface area contributed by atoms with Gasteiger partial charge in [-0.2, -0.15) is 0 Å². The third-order valence-corrected chi connectivity index (χ3v) is 4.44. The number of carboxylic acids is 1. The molecule has 1 saturated carbocycles. The largest absolute Gasteiger partial charge is 0.481 e. The minimum Gasteiger partial charge on any atom is -0.481 e. The van der Waals surface area contributed by atoms with E-state index < -0.39 is 17.8 Å². The minimum atomic E-state index is -0.868. The van der Waals surface area contributed by atoms with Crippen LogP contribution < -0.4 is 5.32 Å². The molecule has 4 unspecified atom stereocenters. The Morgan fingerprint density at radius 3 is 2.57 bits per heavy atom. The molecule has 4 atom stereocenters. The molecule has 116 valence electrons. The first kappa shape index (κ1) is 15.6. The van der Waals surface area contributed by atoms with Crippen molar-refractivity contribution in [2.24, 2.45) is 17.8 Å². The SMILES string of the molecule is CCC1CC(C(=O)O)C(C(=O)NC(C)c2ccc(C)o2)C1. The summed E-state index contributed by atoms with van der Waals surface area (Å²) >= 11 is 0. The third-order valence-electron chi connectivity index (χ3n) is 4.44. The molecule has 2 rings (SSSR count). The number of hydrogen-bond donors (Lipinski definition) is 2. The molecule has 1 aromatic heterocycles. The van der Waals surface area contributed by atoms with Crippen LogP contribution in [0.5, 0.6) is 0 Å². The molecule has 1 aliphatic rings. The average molecular weight is 293 g/mol. The summed E-state index contributed by atoms with van der Waals surface area (Å²) in [5.74, 6) is -0.249. The second-order valence-corrected chi connectivity index (χ2v) is 5.98. The Bertz CT molecular complexity index is 522. The Hall–Kier alpha value is -1.78. The van der Waals surface area contributed by atoms with Crippen LogP contribution in [-0.2, 0) is 9.59 Å². The van der Waals surface area contributed by atoms with E-state index in [9.17, 15) is 14.7 Å². The molecular weight excluding hydrogens is 270 g/mol. The van der Waals surface area contributed by atoms with Gasteiger partial charge in [-0.15, -0.1) is 0 Å². The Morgan fingerprint density at radius 1 is 1.38 bits per heavy atom. The molecule has 1 aromatic rings. The van der Waals surface area contributed by atoms with Gasteiger partial charge in [-0.3, -0.25) is 9.59 Å². The number of carbonyl (C=O) groups excluding carboxylic acids is 1. The quantitative estimate of drug-likeness (QED) is 0.874. The predicted molar refractivity (Wildman–Crippen MR) is 77.6 cm³/mol. The minimum absolute atomic E-state index is 0.181. The second-order valence-electron chi connectivity index (χ2n) is 5.98. The fourth-order valence-electron chi connectivity index (χ4n) is 3.12. The highest BCUT2D eigenvalue weighted by Crippen LogP contribution is 2.38. The van der Waals surface area contributed by atoms with Crippen molar-refractivity contribution in [1.82, 2.24) is 5.32 Å². The molecule has 0 saturated heterocycles. The number of nitrogens with one attached hydrogen (secondary N) is 1. The van der Waals surface area contributed by atoms with Gasteiger partial charge in [-0.05, 0) is 44.7 Å². The topological polar surface area (TPSA) is 79.5 Å². The summed E-state index contributed by atoms with van der Waals surface area (Å²) in [4.78, 5) is 23.7. The molecule has 0 radical (unpaired) electrons. The molecule has 5 nitrogen and oxygen atoms in total. The maximum atomic E-state index is 12.4. The summed E-state index contributed by atoms with van der Waals surface area (Å²) in [6.07, 6.45) is 2.17. The van der Waals surface area contributed by atoms with Crippen LogP contribution in [0.4, 0.5) is 0 Å². The van der Waals surface area contributed by atoms with Gasteiger partial charge >= 0.3 is 5.97 Å². The van der Waals surface area contributed by atoms with Crippen molar-refractivity contribution < 1.29 is 19.1 Å². The van der Waals surface area contributed by atoms with Crippen molar-refractivity contribution in [3.63, 3.8) is 0 Å². The molecule has 1 amide bonds. The number of carboxylic acid groups (broad SMARTS) is 1. The van der Waals surface area contributed by atoms with Crippen LogP contribution in [0.25, 0.3) is 0 Å². The monoisotopic (exact) mass is 293 g/mol. The van der Waals surface area contributed by atoms with Gasteiger partial charge in [0, 0.05) is 0 Å². The summed E-state index contributed by atoms with van der Waals surface area (Å²) in [7, 11) is 0. The first-order valence-corrected chi connectivity index (χ1v) is 7.51. The van der Waals surface area contributed by atoms with Gasteiger partial charge in [-0.25, -0.2) is 0 Å². The lowest BCUT2D eigenvalue weighted by molar-refractivity contribution is -0.146. The van der Waals surface area contributed by atoms with Crippen LogP contribution in [0.1, 0.15) is 50.7 Å². The normalized spacial score (nSPS) is 26.5. The zero-order valence-corrected chi connectivity index (χ0v) is 12.8. The second kappa shape index (κ2) is 6.33. The smallest absolute Gasteiger partial charge is 0.307 e. The van der Waals surface area contributed by atoms with Crippen LogP contribution in [-0.4, -0.2) is 17.0 Å². The Balaban J connectivity index is 2.03. The molecule has 0 aromatic carbocycles. The van der Waals surface area contributed by atoms with Crippen molar-refractivity contribution in [1.29, 1.82) is 0 Å². The van der Waals surface area contributed by atoms with Crippen LogP contribution in [0.2, 0.25) is 0 Å². The van der Waals surface area contributed by atoms with E-state index in [4.69, 9.17) is 4.42 Å². The van der Waals surface area contributed by atoms with E-state index in [0.29, 0.717) is 24.5 Å².